The average Bonchev–Trinajstić information content (AvgIpc) is 2.37. The normalized spacial score (nSPS) is 10.3. The van der Waals surface area contributed by atoms with E-state index in [1.165, 1.54) is 6.20 Å². The van der Waals surface area contributed by atoms with E-state index in [2.05, 4.69) is 58.1 Å². The van der Waals surface area contributed by atoms with Gasteiger partial charge in [-0.2, -0.15) is 0 Å². The fourth-order valence-electron chi connectivity index (χ4n) is 1.38. The largest absolute Gasteiger partial charge is 0.320 e. The first-order valence-electron chi connectivity index (χ1n) is 5.05. The minimum absolute atomic E-state index is 0.156. The van der Waals surface area contributed by atoms with Crippen LogP contribution in [0.15, 0.2) is 43.9 Å². The van der Waals surface area contributed by atoms with Gasteiger partial charge in [0.15, 0.2) is 0 Å². The second kappa shape index (κ2) is 6.35. The lowest BCUT2D eigenvalue weighted by Gasteiger charge is -2.10. The maximum atomic E-state index is 12.2. The van der Waals surface area contributed by atoms with E-state index in [9.17, 15) is 4.79 Å². The third kappa shape index (κ3) is 3.56. The van der Waals surface area contributed by atoms with Gasteiger partial charge in [0.1, 0.15) is 5.15 Å². The van der Waals surface area contributed by atoms with Crippen molar-refractivity contribution < 1.29 is 4.79 Å². The molecule has 0 aliphatic rings. The van der Waals surface area contributed by atoms with Gasteiger partial charge in [-0.3, -0.25) is 4.79 Å². The highest BCUT2D eigenvalue weighted by atomic mass is 79.9. The molecule has 1 aromatic carbocycles. The van der Waals surface area contributed by atoms with Gasteiger partial charge in [0.05, 0.1) is 11.3 Å². The summed E-state index contributed by atoms with van der Waals surface area (Å²) in [4.78, 5) is 16.1. The van der Waals surface area contributed by atoms with E-state index in [-0.39, 0.29) is 11.1 Å². The van der Waals surface area contributed by atoms with Gasteiger partial charge in [-0.25, -0.2) is 4.98 Å². The summed E-state index contributed by atoms with van der Waals surface area (Å²) in [5, 5.41) is 2.94. The summed E-state index contributed by atoms with van der Waals surface area (Å²) in [7, 11) is 0. The molecule has 0 fully saturated rings. The Morgan fingerprint density at radius 2 is 1.84 bits per heavy atom. The molecule has 98 valence electrons. The highest BCUT2D eigenvalue weighted by Gasteiger charge is 2.15. The fourth-order valence-corrected chi connectivity index (χ4v) is 3.10. The smallest absolute Gasteiger partial charge is 0.258 e. The zero-order chi connectivity index (χ0) is 14.0. The molecule has 0 aliphatic carbocycles. The molecule has 0 atom stereocenters. The molecule has 1 heterocycles. The van der Waals surface area contributed by atoms with Crippen LogP contribution in [0.25, 0.3) is 0 Å². The third-order valence-corrected chi connectivity index (χ3v) is 4.31. The number of pyridine rings is 1. The van der Waals surface area contributed by atoms with Gasteiger partial charge in [0, 0.05) is 19.6 Å². The van der Waals surface area contributed by atoms with Gasteiger partial charge >= 0.3 is 0 Å². The predicted octanol–water partition coefficient (Wildman–Crippen LogP) is 5.27. The number of amides is 1. The van der Waals surface area contributed by atoms with E-state index in [1.807, 2.05) is 18.2 Å². The van der Waals surface area contributed by atoms with Crippen LogP contribution in [-0.2, 0) is 0 Å². The van der Waals surface area contributed by atoms with E-state index in [0.29, 0.717) is 15.7 Å². The number of aromatic nitrogens is 1. The van der Waals surface area contributed by atoms with Gasteiger partial charge in [0.2, 0.25) is 0 Å². The van der Waals surface area contributed by atoms with E-state index in [4.69, 9.17) is 11.6 Å². The number of benzene rings is 1. The number of carbonyl (C=O) groups is 1. The molecule has 1 aromatic heterocycles. The molecule has 7 heteroatoms. The van der Waals surface area contributed by atoms with Gasteiger partial charge in [-0.1, -0.05) is 17.7 Å². The summed E-state index contributed by atoms with van der Waals surface area (Å²) >= 11 is 15.9. The number of halogens is 4. The molecule has 2 rings (SSSR count). The van der Waals surface area contributed by atoms with Crippen molar-refractivity contribution in [2.45, 2.75) is 0 Å². The second-order valence-corrected chi connectivity index (χ2v) is 6.53. The predicted molar refractivity (Wildman–Crippen MR) is 86.7 cm³/mol. The van der Waals surface area contributed by atoms with Crippen molar-refractivity contribution in [1.82, 2.24) is 4.98 Å². The first-order chi connectivity index (χ1) is 8.99. The maximum absolute atomic E-state index is 12.2. The van der Waals surface area contributed by atoms with Crippen molar-refractivity contribution in [3.63, 3.8) is 0 Å². The van der Waals surface area contributed by atoms with Crippen molar-refractivity contribution in [3.05, 3.63) is 54.6 Å². The SMILES string of the molecule is O=C(Nc1c(Br)cccc1Br)c1cc(Br)cnc1Cl. The van der Waals surface area contributed by atoms with Crippen LogP contribution in [0.5, 0.6) is 0 Å². The van der Waals surface area contributed by atoms with Crippen LogP contribution in [0.1, 0.15) is 10.4 Å². The summed E-state index contributed by atoms with van der Waals surface area (Å²) < 4.78 is 2.23. The van der Waals surface area contributed by atoms with Gasteiger partial charge in [0.25, 0.3) is 5.91 Å². The number of nitrogens with one attached hydrogen (secondary N) is 1. The van der Waals surface area contributed by atoms with Crippen LogP contribution in [0.2, 0.25) is 5.15 Å². The Balaban J connectivity index is 2.34. The lowest BCUT2D eigenvalue weighted by atomic mass is 10.2. The molecule has 2 aromatic rings. The van der Waals surface area contributed by atoms with E-state index in [1.54, 1.807) is 6.07 Å². The summed E-state index contributed by atoms with van der Waals surface area (Å²) in [6, 6.07) is 7.15. The molecule has 0 radical (unpaired) electrons. The zero-order valence-corrected chi connectivity index (χ0v) is 14.8. The average molecular weight is 469 g/mol. The molecule has 0 aliphatic heterocycles. The van der Waals surface area contributed by atoms with E-state index >= 15 is 0 Å². The summed E-state index contributed by atoms with van der Waals surface area (Å²) in [6.45, 7) is 0. The molecule has 0 spiro atoms. The highest BCUT2D eigenvalue weighted by molar-refractivity contribution is 9.11. The monoisotopic (exact) mass is 466 g/mol. The first kappa shape index (κ1) is 15.0. The molecule has 3 nitrogen and oxygen atoms in total. The Hall–Kier alpha value is -0.430. The molecule has 1 amide bonds. The van der Waals surface area contributed by atoms with Crippen LogP contribution >= 0.6 is 59.4 Å². The van der Waals surface area contributed by atoms with Crippen LogP contribution in [-0.4, -0.2) is 10.9 Å². The van der Waals surface area contributed by atoms with Crippen LogP contribution in [0, 0.1) is 0 Å². The number of rotatable bonds is 2. The summed E-state index contributed by atoms with van der Waals surface area (Å²) in [6.07, 6.45) is 1.54. The number of nitrogens with zero attached hydrogens (tertiary/aromatic N) is 1. The zero-order valence-electron chi connectivity index (χ0n) is 9.25. The minimum Gasteiger partial charge on any atom is -0.320 e. The Bertz CT molecular complexity index is 629. The highest BCUT2D eigenvalue weighted by Crippen LogP contribution is 2.31. The Morgan fingerprint density at radius 1 is 1.21 bits per heavy atom. The van der Waals surface area contributed by atoms with E-state index in [0.717, 1.165) is 8.95 Å². The van der Waals surface area contributed by atoms with Crippen LogP contribution in [0.3, 0.4) is 0 Å². The molecule has 0 saturated carbocycles. The number of anilines is 1. The molecular weight excluding hydrogens is 463 g/mol. The standard InChI is InChI=1S/C12H6Br3ClN2O/c13-6-4-7(11(16)17-5-6)12(19)18-10-8(14)2-1-3-9(10)15/h1-5H,(H,18,19). The molecule has 19 heavy (non-hydrogen) atoms. The molecule has 1 N–H and O–H groups in total. The van der Waals surface area contributed by atoms with Gasteiger partial charge in [-0.15, -0.1) is 0 Å². The lowest BCUT2D eigenvalue weighted by molar-refractivity contribution is 0.102. The number of hydrogen-bond donors (Lipinski definition) is 1. The topological polar surface area (TPSA) is 42.0 Å². The molecular formula is C12H6Br3ClN2O. The Morgan fingerprint density at radius 3 is 2.47 bits per heavy atom. The first-order valence-corrected chi connectivity index (χ1v) is 7.81. The number of para-hydroxylation sites is 1. The van der Waals surface area contributed by atoms with Crippen molar-refractivity contribution in [2.24, 2.45) is 0 Å². The van der Waals surface area contributed by atoms with Crippen molar-refractivity contribution in [1.29, 1.82) is 0 Å². The Labute approximate surface area is 140 Å². The van der Waals surface area contributed by atoms with Crippen molar-refractivity contribution in [2.75, 3.05) is 5.32 Å². The fraction of sp³-hybridized carbons (Fsp3) is 0. The molecule has 0 saturated heterocycles. The molecule has 0 bridgehead atoms. The summed E-state index contributed by atoms with van der Waals surface area (Å²) in [5.74, 6) is -0.327. The van der Waals surface area contributed by atoms with Crippen LogP contribution < -0.4 is 5.32 Å². The quantitative estimate of drug-likeness (QED) is 0.609. The van der Waals surface area contributed by atoms with Crippen LogP contribution in [0.4, 0.5) is 5.69 Å². The summed E-state index contributed by atoms with van der Waals surface area (Å²) in [5.41, 5.74) is 0.947. The minimum atomic E-state index is -0.327. The molecule has 0 unspecified atom stereocenters. The second-order valence-electron chi connectivity index (χ2n) is 3.54. The lowest BCUT2D eigenvalue weighted by Crippen LogP contribution is -2.13. The van der Waals surface area contributed by atoms with Crippen molar-refractivity contribution >= 4 is 71.0 Å². The number of carbonyl (C=O) groups excluding carboxylic acids is 1. The third-order valence-electron chi connectivity index (χ3n) is 2.25. The maximum Gasteiger partial charge on any atom is 0.258 e. The van der Waals surface area contributed by atoms with E-state index < -0.39 is 0 Å². The van der Waals surface area contributed by atoms with Crippen molar-refractivity contribution in [3.8, 4) is 0 Å². The van der Waals surface area contributed by atoms with Gasteiger partial charge < -0.3 is 5.32 Å². The Kier molecular flexibility index (Phi) is 5.00. The number of hydrogen-bond acceptors (Lipinski definition) is 2. The van der Waals surface area contributed by atoms with Gasteiger partial charge in [-0.05, 0) is 66.0 Å².